The van der Waals surface area contributed by atoms with Crippen LogP contribution in [0.5, 0.6) is 0 Å². The third kappa shape index (κ3) is 7.07. The van der Waals surface area contributed by atoms with Gasteiger partial charge in [-0.3, -0.25) is 4.79 Å². The molecule has 1 heterocycles. The second kappa shape index (κ2) is 9.87. The summed E-state index contributed by atoms with van der Waals surface area (Å²) in [7, 11) is 0. The molecule has 6 nitrogen and oxygen atoms in total. The lowest BCUT2D eigenvalue weighted by Crippen LogP contribution is -3.00. The predicted octanol–water partition coefficient (Wildman–Crippen LogP) is -0.607. The Morgan fingerprint density at radius 3 is 2.52 bits per heavy atom. The summed E-state index contributed by atoms with van der Waals surface area (Å²) >= 11 is 5.94. The van der Waals surface area contributed by atoms with Crippen LogP contribution in [0.2, 0.25) is 5.02 Å². The van der Waals surface area contributed by atoms with Gasteiger partial charge < -0.3 is 26.8 Å². The number of rotatable bonds is 7. The van der Waals surface area contributed by atoms with Gasteiger partial charge in [0.1, 0.15) is 12.1 Å². The van der Waals surface area contributed by atoms with E-state index in [1.54, 1.807) is 0 Å². The zero-order valence-electron chi connectivity index (χ0n) is 16.3. The molecule has 0 saturated heterocycles. The van der Waals surface area contributed by atoms with Gasteiger partial charge in [0, 0.05) is 11.9 Å². The Kier molecular flexibility index (Phi) is 8.73. The molecule has 0 aliphatic carbocycles. The molecule has 1 aliphatic rings. The van der Waals surface area contributed by atoms with Gasteiger partial charge in [0.15, 0.2) is 6.67 Å². The predicted molar refractivity (Wildman–Crippen MR) is 102 cm³/mol. The van der Waals surface area contributed by atoms with Gasteiger partial charge in [-0.2, -0.15) is 5.01 Å². The monoisotopic (exact) mass is 461 g/mol. The van der Waals surface area contributed by atoms with Crippen LogP contribution in [0.25, 0.3) is 0 Å². The number of aryl methyl sites for hydroxylation is 1. The minimum absolute atomic E-state index is 0. The maximum atomic E-state index is 11.4. The molecule has 0 radical (unpaired) electrons. The lowest BCUT2D eigenvalue weighted by molar-refractivity contribution is -0.554. The quantitative estimate of drug-likeness (QED) is 0.418. The van der Waals surface area contributed by atoms with Crippen molar-refractivity contribution in [1.82, 2.24) is 10.4 Å². The van der Waals surface area contributed by atoms with Gasteiger partial charge in [-0.05, 0) is 36.0 Å². The van der Waals surface area contributed by atoms with Crippen molar-refractivity contribution in [3.05, 3.63) is 34.9 Å². The molecule has 1 aromatic rings. The lowest BCUT2D eigenvalue weighted by Gasteiger charge is -2.40. The van der Waals surface area contributed by atoms with Crippen LogP contribution < -0.4 is 22.4 Å². The molecule has 0 bridgehead atoms. The summed E-state index contributed by atoms with van der Waals surface area (Å²) in [6.07, 6.45) is 3.21. The van der Waals surface area contributed by atoms with Crippen molar-refractivity contribution in [3.63, 3.8) is 0 Å². The first kappa shape index (κ1) is 23.9. The summed E-state index contributed by atoms with van der Waals surface area (Å²) in [6, 6.07) is 7.73. The Morgan fingerprint density at radius 2 is 1.96 bits per heavy atom. The summed E-state index contributed by atoms with van der Waals surface area (Å²) in [5.41, 5.74) is 3.13. The van der Waals surface area contributed by atoms with Crippen LogP contribution in [0.4, 0.5) is 0 Å². The first-order valence-electron chi connectivity index (χ1n) is 8.78. The van der Waals surface area contributed by atoms with E-state index in [-0.39, 0.29) is 35.1 Å². The minimum atomic E-state index is -0.909. The fourth-order valence-corrected chi connectivity index (χ4v) is 2.91. The summed E-state index contributed by atoms with van der Waals surface area (Å²) < 4.78 is 6.84. The highest BCUT2D eigenvalue weighted by Gasteiger charge is 2.44. The molecular formula is C19H29BrClN3O3. The molecule has 2 rings (SSSR count). The first-order valence-corrected chi connectivity index (χ1v) is 9.16. The van der Waals surface area contributed by atoms with Crippen LogP contribution in [-0.4, -0.2) is 52.5 Å². The summed E-state index contributed by atoms with van der Waals surface area (Å²) in [6.45, 7) is 8.67. The zero-order valence-corrected chi connectivity index (χ0v) is 18.7. The molecule has 0 amide bonds. The van der Waals surface area contributed by atoms with Gasteiger partial charge in [0.25, 0.3) is 6.34 Å². The van der Waals surface area contributed by atoms with Gasteiger partial charge >= 0.3 is 5.97 Å². The van der Waals surface area contributed by atoms with Crippen molar-refractivity contribution in [3.8, 4) is 0 Å². The van der Waals surface area contributed by atoms with E-state index in [0.29, 0.717) is 24.7 Å². The molecule has 152 valence electrons. The van der Waals surface area contributed by atoms with Crippen molar-refractivity contribution in [2.24, 2.45) is 5.41 Å². The third-order valence-electron chi connectivity index (χ3n) is 4.78. The number of halogens is 2. The molecule has 0 saturated carbocycles. The van der Waals surface area contributed by atoms with E-state index in [9.17, 15) is 9.90 Å². The van der Waals surface area contributed by atoms with Crippen molar-refractivity contribution in [2.45, 2.75) is 46.1 Å². The van der Waals surface area contributed by atoms with E-state index in [2.05, 4.69) is 5.43 Å². The van der Waals surface area contributed by atoms with Crippen LogP contribution in [0.1, 0.15) is 39.7 Å². The molecule has 0 fully saturated rings. The van der Waals surface area contributed by atoms with Gasteiger partial charge in [-0.1, -0.05) is 44.5 Å². The van der Waals surface area contributed by atoms with Gasteiger partial charge in [0.05, 0.1) is 0 Å². The number of nitrogens with one attached hydrogen (secondary N) is 1. The molecule has 1 unspecified atom stereocenters. The van der Waals surface area contributed by atoms with Crippen molar-refractivity contribution in [2.75, 3.05) is 19.9 Å². The van der Waals surface area contributed by atoms with Gasteiger partial charge in [-0.15, -0.1) is 5.43 Å². The minimum Gasteiger partial charge on any atom is -1.00 e. The van der Waals surface area contributed by atoms with E-state index in [0.717, 1.165) is 12.0 Å². The summed E-state index contributed by atoms with van der Waals surface area (Å²) in [5.74, 6) is -0.314. The molecule has 0 spiro atoms. The molecule has 1 aromatic carbocycles. The highest BCUT2D eigenvalue weighted by molar-refractivity contribution is 6.30. The van der Waals surface area contributed by atoms with Crippen LogP contribution in [0, 0.1) is 5.41 Å². The maximum Gasteiger partial charge on any atom is 0.305 e. The van der Waals surface area contributed by atoms with E-state index in [1.807, 2.05) is 61.0 Å². The number of carbonyl (C=O) groups excluding carboxylic acids is 1. The standard InChI is InChI=1S/C19H29ClN3O3.BrH/c1-15(24)26-14-22-12-21-23(13-22)11-19(25,18(2,3)4)10-9-16-5-7-17(20)8-6-16;/h5-8,13,21,25H,9-12,14H2,1-4H3;1H/q+1;/p-1. The number of hydrogen-bond donors (Lipinski definition) is 2. The number of ether oxygens (including phenoxy) is 1. The fraction of sp³-hybridized carbons (Fsp3) is 0.579. The third-order valence-corrected chi connectivity index (χ3v) is 5.03. The molecule has 2 N–H and O–H groups in total. The number of benzene rings is 1. The topological polar surface area (TPSA) is 64.8 Å². The fourth-order valence-electron chi connectivity index (χ4n) is 2.79. The SMILES string of the molecule is CC(=O)OC[N+]1=CN(CC(O)(CCc2ccc(Cl)cc2)C(C)(C)C)NC1.[Br-]. The molecule has 1 aliphatic heterocycles. The lowest BCUT2D eigenvalue weighted by atomic mass is 9.73. The average molecular weight is 463 g/mol. The van der Waals surface area contributed by atoms with E-state index >= 15 is 0 Å². The average Bonchev–Trinajstić information content (AvgIpc) is 2.98. The number of aliphatic hydroxyl groups is 1. The number of hydrazine groups is 1. The number of nitrogens with zero attached hydrogens (tertiary/aromatic N) is 2. The van der Waals surface area contributed by atoms with Crippen LogP contribution in [0.3, 0.4) is 0 Å². The largest absolute Gasteiger partial charge is 1.00 e. The van der Waals surface area contributed by atoms with E-state index in [1.165, 1.54) is 6.92 Å². The zero-order chi connectivity index (χ0) is 19.4. The Hall–Kier alpha value is -1.15. The molecule has 8 heteroatoms. The van der Waals surface area contributed by atoms with Crippen LogP contribution in [0.15, 0.2) is 24.3 Å². The molecular weight excluding hydrogens is 434 g/mol. The Morgan fingerprint density at radius 1 is 1.33 bits per heavy atom. The van der Waals surface area contributed by atoms with E-state index in [4.69, 9.17) is 16.3 Å². The van der Waals surface area contributed by atoms with Crippen molar-refractivity contribution >= 4 is 23.9 Å². The van der Waals surface area contributed by atoms with Crippen molar-refractivity contribution < 1.29 is 36.2 Å². The summed E-state index contributed by atoms with van der Waals surface area (Å²) in [5, 5.41) is 14.0. The van der Waals surface area contributed by atoms with E-state index < -0.39 is 5.60 Å². The highest BCUT2D eigenvalue weighted by Crippen LogP contribution is 2.35. The number of β-amino-alcohol motifs (C(OH)–C–C–N with tert-alkyl or cyclic N) is 1. The number of hydrogen-bond acceptors (Lipinski definition) is 5. The Bertz CT molecular complexity index is 661. The molecule has 0 aromatic heterocycles. The van der Waals surface area contributed by atoms with Crippen molar-refractivity contribution in [1.29, 1.82) is 0 Å². The second-order valence-corrected chi connectivity index (χ2v) is 8.26. The maximum absolute atomic E-state index is 11.4. The number of carbonyl (C=O) groups is 1. The van der Waals surface area contributed by atoms with Crippen LogP contribution >= 0.6 is 11.6 Å². The first-order chi connectivity index (χ1) is 12.1. The Balaban J connectivity index is 0.00000364. The second-order valence-electron chi connectivity index (χ2n) is 7.82. The number of esters is 1. The summed E-state index contributed by atoms with van der Waals surface area (Å²) in [4.78, 5) is 10.9. The highest BCUT2D eigenvalue weighted by atomic mass is 79.9. The molecule has 27 heavy (non-hydrogen) atoms. The molecule has 1 atom stereocenters. The van der Waals surface area contributed by atoms with Gasteiger partial charge in [0.2, 0.25) is 6.73 Å². The van der Waals surface area contributed by atoms with Gasteiger partial charge in [-0.25, -0.2) is 4.58 Å². The normalized spacial score (nSPS) is 16.4. The Labute approximate surface area is 176 Å². The van der Waals surface area contributed by atoms with Crippen LogP contribution in [-0.2, 0) is 16.0 Å². The smallest absolute Gasteiger partial charge is 0.305 e.